The van der Waals surface area contributed by atoms with Crippen molar-refractivity contribution in [3.8, 4) is 10.4 Å². The molecule has 0 amide bonds. The van der Waals surface area contributed by atoms with Crippen LogP contribution in [0.1, 0.15) is 30.4 Å². The van der Waals surface area contributed by atoms with E-state index in [4.69, 9.17) is 4.98 Å². The zero-order valence-corrected chi connectivity index (χ0v) is 13.3. The van der Waals surface area contributed by atoms with Gasteiger partial charge in [0, 0.05) is 16.1 Å². The molecule has 0 saturated carbocycles. The molecule has 1 saturated heterocycles. The molecule has 7 heteroatoms. The van der Waals surface area contributed by atoms with Crippen molar-refractivity contribution in [2.45, 2.75) is 25.8 Å². The second kappa shape index (κ2) is 5.03. The number of nitrogens with zero attached hydrogens (tertiary/aromatic N) is 3. The maximum Gasteiger partial charge on any atom is 0.268 e. The fourth-order valence-electron chi connectivity index (χ4n) is 3.10. The largest absolute Gasteiger partial charge is 0.308 e. The first-order chi connectivity index (χ1) is 10.6. The molecule has 2 N–H and O–H groups in total. The van der Waals surface area contributed by atoms with Crippen LogP contribution in [0.2, 0.25) is 0 Å². The lowest BCUT2D eigenvalue weighted by molar-refractivity contribution is 0.306. The summed E-state index contributed by atoms with van der Waals surface area (Å²) < 4.78 is 0.681. The molecule has 0 spiro atoms. The molecule has 1 fully saturated rings. The average Bonchev–Trinajstić information content (AvgIpc) is 3.17. The lowest BCUT2D eigenvalue weighted by atomic mass is 10.2. The Balaban J connectivity index is 1.85. The van der Waals surface area contributed by atoms with Gasteiger partial charge in [-0.2, -0.15) is 5.10 Å². The highest BCUT2D eigenvalue weighted by atomic mass is 32.1. The van der Waals surface area contributed by atoms with Gasteiger partial charge in [0.1, 0.15) is 10.5 Å². The van der Waals surface area contributed by atoms with Crippen LogP contribution in [0, 0.1) is 6.92 Å². The van der Waals surface area contributed by atoms with Gasteiger partial charge in [-0.25, -0.2) is 4.98 Å². The topological polar surface area (TPSA) is 77.7 Å². The third-order valence-electron chi connectivity index (χ3n) is 4.33. The summed E-state index contributed by atoms with van der Waals surface area (Å²) in [4.78, 5) is 23.4. The average molecular weight is 315 g/mol. The number of H-pyrrole nitrogens is 2. The molecular weight excluding hydrogens is 298 g/mol. The maximum absolute atomic E-state index is 12.4. The SMILES string of the molecule is Cc1[nH]ncc1-c1cc2nc([C@@H]3CCCN3C)[nH]c(=O)c2s1. The summed E-state index contributed by atoms with van der Waals surface area (Å²) in [5, 5.41) is 6.98. The van der Waals surface area contributed by atoms with Gasteiger partial charge in [-0.05, 0) is 39.4 Å². The van der Waals surface area contributed by atoms with Crippen LogP contribution in [0.15, 0.2) is 17.1 Å². The van der Waals surface area contributed by atoms with Crippen LogP contribution in [0.5, 0.6) is 0 Å². The van der Waals surface area contributed by atoms with Crippen LogP contribution >= 0.6 is 11.3 Å². The van der Waals surface area contributed by atoms with Crippen LogP contribution in [0.3, 0.4) is 0 Å². The number of aryl methyl sites for hydroxylation is 1. The summed E-state index contributed by atoms with van der Waals surface area (Å²) in [6.07, 6.45) is 3.98. The number of thiophene rings is 1. The number of aromatic nitrogens is 4. The first-order valence-corrected chi connectivity index (χ1v) is 8.19. The predicted octanol–water partition coefficient (Wildman–Crippen LogP) is 2.45. The third kappa shape index (κ3) is 2.08. The Hall–Kier alpha value is -1.99. The minimum atomic E-state index is -0.0438. The van der Waals surface area contributed by atoms with Gasteiger partial charge in [-0.1, -0.05) is 0 Å². The van der Waals surface area contributed by atoms with E-state index in [2.05, 4.69) is 27.1 Å². The van der Waals surface area contributed by atoms with Gasteiger partial charge in [-0.15, -0.1) is 11.3 Å². The summed E-state index contributed by atoms with van der Waals surface area (Å²) in [6, 6.07) is 2.21. The van der Waals surface area contributed by atoms with Crippen molar-refractivity contribution in [1.29, 1.82) is 0 Å². The standard InChI is InChI=1S/C15H17N5OS/c1-8-9(7-16-19-8)12-6-10-13(22-12)15(21)18-14(17-10)11-4-3-5-20(11)2/h6-7,11H,3-5H2,1-2H3,(H,16,19)(H,17,18,21)/t11-/m0/s1. The van der Waals surface area contributed by atoms with Gasteiger partial charge in [0.25, 0.3) is 5.56 Å². The van der Waals surface area contributed by atoms with Gasteiger partial charge in [-0.3, -0.25) is 14.8 Å². The molecule has 1 atom stereocenters. The van der Waals surface area contributed by atoms with Crippen molar-refractivity contribution in [3.63, 3.8) is 0 Å². The number of hydrogen-bond acceptors (Lipinski definition) is 5. The summed E-state index contributed by atoms with van der Waals surface area (Å²) in [7, 11) is 2.08. The van der Waals surface area contributed by atoms with E-state index >= 15 is 0 Å². The van der Waals surface area contributed by atoms with Gasteiger partial charge >= 0.3 is 0 Å². The number of rotatable bonds is 2. The molecule has 4 heterocycles. The van der Waals surface area contributed by atoms with Crippen LogP contribution in [0.4, 0.5) is 0 Å². The summed E-state index contributed by atoms with van der Waals surface area (Å²) in [5.41, 5.74) is 2.76. The highest BCUT2D eigenvalue weighted by Gasteiger charge is 2.25. The minimum Gasteiger partial charge on any atom is -0.308 e. The van der Waals surface area contributed by atoms with Crippen molar-refractivity contribution in [2.24, 2.45) is 0 Å². The zero-order valence-electron chi connectivity index (χ0n) is 12.5. The molecule has 22 heavy (non-hydrogen) atoms. The Morgan fingerprint density at radius 1 is 1.45 bits per heavy atom. The number of fused-ring (bicyclic) bond motifs is 1. The van der Waals surface area contributed by atoms with E-state index < -0.39 is 0 Å². The quantitative estimate of drug-likeness (QED) is 0.761. The maximum atomic E-state index is 12.4. The van der Waals surface area contributed by atoms with Crippen molar-refractivity contribution in [3.05, 3.63) is 34.1 Å². The van der Waals surface area contributed by atoms with Gasteiger partial charge in [0.15, 0.2) is 0 Å². The predicted molar refractivity (Wildman–Crippen MR) is 87.2 cm³/mol. The first kappa shape index (κ1) is 13.7. The molecule has 3 aromatic heterocycles. The Labute approximate surface area is 131 Å². The Kier molecular flexibility index (Phi) is 3.12. The van der Waals surface area contributed by atoms with Gasteiger partial charge in [0.05, 0.1) is 17.8 Å². The smallest absolute Gasteiger partial charge is 0.268 e. The summed E-state index contributed by atoms with van der Waals surface area (Å²) in [5.74, 6) is 0.783. The number of nitrogens with one attached hydrogen (secondary N) is 2. The molecule has 0 bridgehead atoms. The zero-order chi connectivity index (χ0) is 15.3. The van der Waals surface area contributed by atoms with Crippen molar-refractivity contribution < 1.29 is 0 Å². The summed E-state index contributed by atoms with van der Waals surface area (Å²) in [6.45, 7) is 3.03. The Morgan fingerprint density at radius 3 is 3.00 bits per heavy atom. The molecule has 0 radical (unpaired) electrons. The van der Waals surface area contributed by atoms with Crippen LogP contribution in [0.25, 0.3) is 20.7 Å². The Bertz CT molecular complexity index is 893. The molecule has 114 valence electrons. The third-order valence-corrected chi connectivity index (χ3v) is 5.49. The van der Waals surface area contributed by atoms with E-state index in [1.807, 2.05) is 13.0 Å². The fourth-order valence-corrected chi connectivity index (χ4v) is 4.16. The highest BCUT2D eigenvalue weighted by molar-refractivity contribution is 7.22. The van der Waals surface area contributed by atoms with E-state index in [-0.39, 0.29) is 11.6 Å². The van der Waals surface area contributed by atoms with Crippen LogP contribution < -0.4 is 5.56 Å². The summed E-state index contributed by atoms with van der Waals surface area (Å²) >= 11 is 1.47. The van der Waals surface area contributed by atoms with E-state index in [9.17, 15) is 4.79 Å². The van der Waals surface area contributed by atoms with Crippen molar-refractivity contribution >= 4 is 21.6 Å². The lowest BCUT2D eigenvalue weighted by Gasteiger charge is -2.17. The Morgan fingerprint density at radius 2 is 2.32 bits per heavy atom. The second-order valence-electron chi connectivity index (χ2n) is 5.82. The van der Waals surface area contributed by atoms with E-state index in [0.29, 0.717) is 4.70 Å². The van der Waals surface area contributed by atoms with Gasteiger partial charge in [0.2, 0.25) is 0 Å². The molecular formula is C15H17N5OS. The van der Waals surface area contributed by atoms with E-state index in [1.54, 1.807) is 6.20 Å². The monoisotopic (exact) mass is 315 g/mol. The van der Waals surface area contributed by atoms with Crippen molar-refractivity contribution in [1.82, 2.24) is 25.1 Å². The molecule has 0 aromatic carbocycles. The molecule has 4 rings (SSSR count). The van der Waals surface area contributed by atoms with Gasteiger partial charge < -0.3 is 4.98 Å². The number of hydrogen-bond donors (Lipinski definition) is 2. The number of likely N-dealkylation sites (tertiary alicyclic amines) is 1. The molecule has 6 nitrogen and oxygen atoms in total. The lowest BCUT2D eigenvalue weighted by Crippen LogP contribution is -2.22. The first-order valence-electron chi connectivity index (χ1n) is 7.38. The van der Waals surface area contributed by atoms with E-state index in [0.717, 1.165) is 46.9 Å². The second-order valence-corrected chi connectivity index (χ2v) is 6.88. The molecule has 1 aliphatic rings. The molecule has 0 unspecified atom stereocenters. The fraction of sp³-hybridized carbons (Fsp3) is 0.400. The molecule has 1 aliphatic heterocycles. The van der Waals surface area contributed by atoms with E-state index in [1.165, 1.54) is 11.3 Å². The highest BCUT2D eigenvalue weighted by Crippen LogP contribution is 2.33. The molecule has 0 aliphatic carbocycles. The number of aromatic amines is 2. The van der Waals surface area contributed by atoms with Crippen LogP contribution in [-0.2, 0) is 0 Å². The normalized spacial score (nSPS) is 19.3. The minimum absolute atomic E-state index is 0.0438. The van der Waals surface area contributed by atoms with Crippen LogP contribution in [-0.4, -0.2) is 38.7 Å². The molecule has 3 aromatic rings. The van der Waals surface area contributed by atoms with Crippen molar-refractivity contribution in [2.75, 3.05) is 13.6 Å².